The number of carbonyl (C=O) groups is 1. The Kier molecular flexibility index (Phi) is 6.59. The maximum absolute atomic E-state index is 10.7. The SMILES string of the molecule is CCCC(OCC(C)C)OC(C)=O. The summed E-state index contributed by atoms with van der Waals surface area (Å²) >= 11 is 0. The zero-order valence-corrected chi connectivity index (χ0v) is 9.00. The Bertz CT molecular complexity index is 143. The van der Waals surface area contributed by atoms with Gasteiger partial charge in [0.1, 0.15) is 0 Å². The van der Waals surface area contributed by atoms with Crippen LogP contribution in [0, 0.1) is 5.92 Å². The van der Waals surface area contributed by atoms with Crippen LogP contribution >= 0.6 is 0 Å². The van der Waals surface area contributed by atoms with Gasteiger partial charge in [-0.15, -0.1) is 0 Å². The van der Waals surface area contributed by atoms with Crippen molar-refractivity contribution in [2.45, 2.75) is 46.8 Å². The third-order valence-corrected chi connectivity index (χ3v) is 1.44. The topological polar surface area (TPSA) is 35.5 Å². The molecule has 0 saturated carbocycles. The monoisotopic (exact) mass is 188 g/mol. The highest BCUT2D eigenvalue weighted by Crippen LogP contribution is 2.06. The van der Waals surface area contributed by atoms with Gasteiger partial charge in [-0.05, 0) is 5.92 Å². The summed E-state index contributed by atoms with van der Waals surface area (Å²) in [6, 6.07) is 0. The fourth-order valence-corrected chi connectivity index (χ4v) is 0.897. The van der Waals surface area contributed by atoms with E-state index in [0.29, 0.717) is 12.5 Å². The van der Waals surface area contributed by atoms with Crippen molar-refractivity contribution in [1.82, 2.24) is 0 Å². The summed E-state index contributed by atoms with van der Waals surface area (Å²) < 4.78 is 10.4. The summed E-state index contributed by atoms with van der Waals surface area (Å²) in [4.78, 5) is 10.7. The van der Waals surface area contributed by atoms with Gasteiger partial charge < -0.3 is 9.47 Å². The Hall–Kier alpha value is -0.570. The zero-order valence-electron chi connectivity index (χ0n) is 9.00. The summed E-state index contributed by atoms with van der Waals surface area (Å²) in [5, 5.41) is 0. The minimum Gasteiger partial charge on any atom is -0.436 e. The summed E-state index contributed by atoms with van der Waals surface area (Å²) in [6.45, 7) is 8.21. The molecule has 0 amide bonds. The van der Waals surface area contributed by atoms with Crippen molar-refractivity contribution in [2.75, 3.05) is 6.61 Å². The smallest absolute Gasteiger partial charge is 0.304 e. The van der Waals surface area contributed by atoms with Gasteiger partial charge in [-0.25, -0.2) is 0 Å². The minimum absolute atomic E-state index is 0.276. The van der Waals surface area contributed by atoms with Crippen molar-refractivity contribution < 1.29 is 14.3 Å². The molecule has 1 unspecified atom stereocenters. The lowest BCUT2D eigenvalue weighted by Gasteiger charge is -2.17. The van der Waals surface area contributed by atoms with Crippen LogP contribution in [0.2, 0.25) is 0 Å². The van der Waals surface area contributed by atoms with Crippen molar-refractivity contribution in [3.05, 3.63) is 0 Å². The van der Waals surface area contributed by atoms with Crippen LogP contribution in [-0.2, 0) is 14.3 Å². The number of carbonyl (C=O) groups excluding carboxylic acids is 1. The molecule has 0 aromatic carbocycles. The van der Waals surface area contributed by atoms with E-state index in [0.717, 1.165) is 12.8 Å². The third-order valence-electron chi connectivity index (χ3n) is 1.44. The van der Waals surface area contributed by atoms with Crippen molar-refractivity contribution in [3.63, 3.8) is 0 Å². The molecule has 0 bridgehead atoms. The van der Waals surface area contributed by atoms with Crippen LogP contribution in [0.25, 0.3) is 0 Å². The van der Waals surface area contributed by atoms with Crippen molar-refractivity contribution in [2.24, 2.45) is 5.92 Å². The quantitative estimate of drug-likeness (QED) is 0.474. The number of hydrogen-bond donors (Lipinski definition) is 0. The van der Waals surface area contributed by atoms with Crippen LogP contribution in [0.5, 0.6) is 0 Å². The first-order chi connectivity index (χ1) is 6.06. The lowest BCUT2D eigenvalue weighted by molar-refractivity contribution is -0.179. The molecule has 0 spiro atoms. The van der Waals surface area contributed by atoms with Gasteiger partial charge in [0.15, 0.2) is 0 Å². The fraction of sp³-hybridized carbons (Fsp3) is 0.900. The molecule has 0 aliphatic carbocycles. The van der Waals surface area contributed by atoms with Gasteiger partial charge in [-0.2, -0.15) is 0 Å². The molecule has 0 aliphatic rings. The molecule has 0 N–H and O–H groups in total. The van der Waals surface area contributed by atoms with Crippen molar-refractivity contribution in [1.29, 1.82) is 0 Å². The highest BCUT2D eigenvalue weighted by atomic mass is 16.7. The molecule has 3 nitrogen and oxygen atoms in total. The van der Waals surface area contributed by atoms with Gasteiger partial charge in [-0.1, -0.05) is 27.2 Å². The fourth-order valence-electron chi connectivity index (χ4n) is 0.897. The van der Waals surface area contributed by atoms with Gasteiger partial charge in [0.2, 0.25) is 6.29 Å². The second kappa shape index (κ2) is 6.89. The zero-order chi connectivity index (χ0) is 10.3. The Morgan fingerprint density at radius 3 is 2.38 bits per heavy atom. The molecule has 13 heavy (non-hydrogen) atoms. The molecule has 1 atom stereocenters. The summed E-state index contributed by atoms with van der Waals surface area (Å²) in [6.07, 6.45) is 1.37. The lowest BCUT2D eigenvalue weighted by Crippen LogP contribution is -2.21. The van der Waals surface area contributed by atoms with E-state index in [2.05, 4.69) is 13.8 Å². The number of esters is 1. The predicted octanol–water partition coefficient (Wildman–Crippen LogP) is 2.35. The Balaban J connectivity index is 3.72. The maximum atomic E-state index is 10.7. The van der Waals surface area contributed by atoms with E-state index in [1.165, 1.54) is 6.92 Å². The van der Waals surface area contributed by atoms with Crippen LogP contribution in [0.4, 0.5) is 0 Å². The van der Waals surface area contributed by atoms with E-state index in [1.54, 1.807) is 0 Å². The molecule has 0 saturated heterocycles. The first-order valence-electron chi connectivity index (χ1n) is 4.85. The van der Waals surface area contributed by atoms with Crippen molar-refractivity contribution in [3.8, 4) is 0 Å². The molecule has 3 heteroatoms. The average Bonchev–Trinajstić information content (AvgIpc) is 1.99. The van der Waals surface area contributed by atoms with Gasteiger partial charge in [0.25, 0.3) is 0 Å². The Morgan fingerprint density at radius 2 is 2.00 bits per heavy atom. The molecule has 0 aromatic heterocycles. The molecule has 0 heterocycles. The second-order valence-corrected chi connectivity index (χ2v) is 3.55. The lowest BCUT2D eigenvalue weighted by atomic mass is 10.2. The van der Waals surface area contributed by atoms with Crippen LogP contribution in [0.15, 0.2) is 0 Å². The van der Waals surface area contributed by atoms with E-state index in [4.69, 9.17) is 9.47 Å². The first kappa shape index (κ1) is 12.4. The normalized spacial score (nSPS) is 13.0. The van der Waals surface area contributed by atoms with E-state index in [9.17, 15) is 4.79 Å². The van der Waals surface area contributed by atoms with Gasteiger partial charge in [0.05, 0.1) is 6.61 Å². The largest absolute Gasteiger partial charge is 0.436 e. The highest BCUT2D eigenvalue weighted by Gasteiger charge is 2.11. The van der Waals surface area contributed by atoms with Gasteiger partial charge in [-0.3, -0.25) is 4.79 Å². The predicted molar refractivity (Wildman–Crippen MR) is 51.3 cm³/mol. The third kappa shape index (κ3) is 7.78. The van der Waals surface area contributed by atoms with Crippen LogP contribution < -0.4 is 0 Å². The van der Waals surface area contributed by atoms with Crippen LogP contribution in [0.1, 0.15) is 40.5 Å². The number of rotatable bonds is 6. The number of ether oxygens (including phenoxy) is 2. The Labute approximate surface area is 80.4 Å². The number of hydrogen-bond acceptors (Lipinski definition) is 3. The molecule has 0 rings (SSSR count). The second-order valence-electron chi connectivity index (χ2n) is 3.55. The molecule has 0 aliphatic heterocycles. The molecular formula is C10H20O3. The van der Waals surface area contributed by atoms with E-state index < -0.39 is 0 Å². The van der Waals surface area contributed by atoms with E-state index in [-0.39, 0.29) is 12.3 Å². The standard InChI is InChI=1S/C10H20O3/c1-5-6-10(13-9(4)11)12-7-8(2)3/h8,10H,5-7H2,1-4H3. The highest BCUT2D eigenvalue weighted by molar-refractivity contribution is 5.66. The summed E-state index contributed by atoms with van der Waals surface area (Å²) in [5.41, 5.74) is 0. The molecular weight excluding hydrogens is 168 g/mol. The van der Waals surface area contributed by atoms with Gasteiger partial charge >= 0.3 is 5.97 Å². The first-order valence-corrected chi connectivity index (χ1v) is 4.85. The average molecular weight is 188 g/mol. The van der Waals surface area contributed by atoms with E-state index >= 15 is 0 Å². The molecule has 0 radical (unpaired) electrons. The van der Waals surface area contributed by atoms with Crippen LogP contribution in [-0.4, -0.2) is 18.9 Å². The minimum atomic E-state index is -0.357. The van der Waals surface area contributed by atoms with E-state index in [1.807, 2.05) is 6.92 Å². The molecule has 0 aromatic rings. The Morgan fingerprint density at radius 1 is 1.38 bits per heavy atom. The summed E-state index contributed by atoms with van der Waals surface area (Å²) in [5.74, 6) is 0.192. The maximum Gasteiger partial charge on any atom is 0.304 e. The summed E-state index contributed by atoms with van der Waals surface area (Å²) in [7, 11) is 0. The van der Waals surface area contributed by atoms with Gasteiger partial charge in [0, 0.05) is 13.3 Å². The molecule has 78 valence electrons. The van der Waals surface area contributed by atoms with Crippen LogP contribution in [0.3, 0.4) is 0 Å². The van der Waals surface area contributed by atoms with Crippen molar-refractivity contribution >= 4 is 5.97 Å². The molecule has 0 fully saturated rings.